The van der Waals surface area contributed by atoms with Crippen LogP contribution in [-0.4, -0.2) is 11.9 Å². The number of nitrogens with one attached hydrogen (secondary N) is 1. The maximum Gasteiger partial charge on any atom is 0.251 e. The first-order chi connectivity index (χ1) is 8.79. The molecule has 0 aliphatic heterocycles. The number of hydrogen-bond acceptors (Lipinski definition) is 1. The van der Waals surface area contributed by atoms with Crippen LogP contribution in [0.4, 0.5) is 0 Å². The van der Waals surface area contributed by atoms with Gasteiger partial charge in [-0.25, -0.2) is 0 Å². The molecule has 1 saturated carbocycles. The third-order valence-corrected chi connectivity index (χ3v) is 3.87. The van der Waals surface area contributed by atoms with Gasteiger partial charge in [-0.05, 0) is 30.5 Å². The van der Waals surface area contributed by atoms with Crippen LogP contribution < -0.4 is 5.32 Å². The molecule has 0 spiro atoms. The summed E-state index contributed by atoms with van der Waals surface area (Å²) in [6.07, 6.45) is 7.30. The van der Waals surface area contributed by atoms with Crippen LogP contribution in [0.3, 0.4) is 0 Å². The van der Waals surface area contributed by atoms with Crippen molar-refractivity contribution in [3.63, 3.8) is 0 Å². The Balaban J connectivity index is 1.93. The van der Waals surface area contributed by atoms with E-state index in [1.165, 1.54) is 25.7 Å². The summed E-state index contributed by atoms with van der Waals surface area (Å²) in [7, 11) is 0. The third kappa shape index (κ3) is 3.74. The van der Waals surface area contributed by atoms with E-state index in [9.17, 15) is 4.79 Å². The van der Waals surface area contributed by atoms with Crippen molar-refractivity contribution in [3.8, 4) is 0 Å². The largest absolute Gasteiger partial charge is 0.349 e. The van der Waals surface area contributed by atoms with Crippen molar-refractivity contribution in [2.75, 3.05) is 0 Å². The smallest absolute Gasteiger partial charge is 0.251 e. The number of halogens is 1. The van der Waals surface area contributed by atoms with Gasteiger partial charge in [0.2, 0.25) is 0 Å². The highest BCUT2D eigenvalue weighted by Crippen LogP contribution is 2.17. The van der Waals surface area contributed by atoms with Crippen LogP contribution in [0.25, 0.3) is 0 Å². The Morgan fingerprint density at radius 2 is 1.72 bits per heavy atom. The Kier molecular flexibility index (Phi) is 5.06. The van der Waals surface area contributed by atoms with Gasteiger partial charge in [0.05, 0.1) is 0 Å². The van der Waals surface area contributed by atoms with Crippen molar-refractivity contribution in [3.05, 3.63) is 35.4 Å². The predicted molar refractivity (Wildman–Crippen MR) is 75.0 cm³/mol. The summed E-state index contributed by atoms with van der Waals surface area (Å²) in [4.78, 5) is 12.1. The molecule has 0 unspecified atom stereocenters. The molecule has 0 aromatic heterocycles. The number of amides is 1. The van der Waals surface area contributed by atoms with Crippen molar-refractivity contribution in [1.82, 2.24) is 5.32 Å². The SMILES string of the molecule is O=C(NC1CCCCCC1)c1ccc(CCl)cc1. The average molecular weight is 266 g/mol. The summed E-state index contributed by atoms with van der Waals surface area (Å²) in [5.74, 6) is 0.535. The molecule has 0 saturated heterocycles. The van der Waals surface area contributed by atoms with E-state index in [4.69, 9.17) is 11.6 Å². The highest BCUT2D eigenvalue weighted by Gasteiger charge is 2.15. The zero-order chi connectivity index (χ0) is 12.8. The molecule has 1 N–H and O–H groups in total. The molecule has 1 fully saturated rings. The molecule has 98 valence electrons. The summed E-state index contributed by atoms with van der Waals surface area (Å²) in [5.41, 5.74) is 1.77. The van der Waals surface area contributed by atoms with Gasteiger partial charge in [0.1, 0.15) is 0 Å². The lowest BCUT2D eigenvalue weighted by Crippen LogP contribution is -2.34. The van der Waals surface area contributed by atoms with Gasteiger partial charge in [-0.15, -0.1) is 11.6 Å². The number of rotatable bonds is 3. The zero-order valence-corrected chi connectivity index (χ0v) is 11.4. The number of benzene rings is 1. The van der Waals surface area contributed by atoms with Gasteiger partial charge in [0.15, 0.2) is 0 Å². The fraction of sp³-hybridized carbons (Fsp3) is 0.533. The van der Waals surface area contributed by atoms with Gasteiger partial charge in [-0.1, -0.05) is 37.8 Å². The Morgan fingerprint density at radius 3 is 2.28 bits per heavy atom. The second-order valence-electron chi connectivity index (χ2n) is 4.99. The van der Waals surface area contributed by atoms with Crippen molar-refractivity contribution < 1.29 is 4.79 Å². The second-order valence-corrected chi connectivity index (χ2v) is 5.26. The second kappa shape index (κ2) is 6.79. The Morgan fingerprint density at radius 1 is 1.11 bits per heavy atom. The quantitative estimate of drug-likeness (QED) is 0.652. The number of hydrogen-bond donors (Lipinski definition) is 1. The molecule has 0 atom stereocenters. The molecule has 3 heteroatoms. The topological polar surface area (TPSA) is 29.1 Å². The molecule has 0 radical (unpaired) electrons. The number of carbonyl (C=O) groups is 1. The van der Waals surface area contributed by atoms with Gasteiger partial charge in [-0.3, -0.25) is 4.79 Å². The molecule has 18 heavy (non-hydrogen) atoms. The van der Waals surface area contributed by atoms with Gasteiger partial charge >= 0.3 is 0 Å². The van der Waals surface area contributed by atoms with Gasteiger partial charge < -0.3 is 5.32 Å². The van der Waals surface area contributed by atoms with Gasteiger partial charge in [-0.2, -0.15) is 0 Å². The molecule has 2 rings (SSSR count). The van der Waals surface area contributed by atoms with Crippen LogP contribution in [0.5, 0.6) is 0 Å². The van der Waals surface area contributed by atoms with Crippen molar-refractivity contribution in [2.24, 2.45) is 0 Å². The highest BCUT2D eigenvalue weighted by molar-refractivity contribution is 6.17. The first-order valence-corrected chi connectivity index (χ1v) is 7.29. The lowest BCUT2D eigenvalue weighted by molar-refractivity contribution is 0.0933. The first-order valence-electron chi connectivity index (χ1n) is 6.75. The molecule has 1 amide bonds. The van der Waals surface area contributed by atoms with Crippen molar-refractivity contribution >= 4 is 17.5 Å². The van der Waals surface area contributed by atoms with E-state index in [0.717, 1.165) is 24.0 Å². The third-order valence-electron chi connectivity index (χ3n) is 3.56. The minimum absolute atomic E-state index is 0.0445. The van der Waals surface area contributed by atoms with E-state index in [0.29, 0.717) is 11.9 Å². The fourth-order valence-corrected chi connectivity index (χ4v) is 2.62. The normalized spacial score (nSPS) is 17.2. The molecule has 1 aliphatic rings. The van der Waals surface area contributed by atoms with E-state index in [2.05, 4.69) is 5.32 Å². The Hall–Kier alpha value is -1.02. The van der Waals surface area contributed by atoms with Crippen LogP contribution in [0, 0.1) is 0 Å². The number of carbonyl (C=O) groups excluding carboxylic acids is 1. The summed E-state index contributed by atoms with van der Waals surface area (Å²) in [6.45, 7) is 0. The standard InChI is InChI=1S/C15H20ClNO/c16-11-12-7-9-13(10-8-12)15(18)17-14-5-3-1-2-4-6-14/h7-10,14H,1-6,11H2,(H,17,18). The Labute approximate surface area is 114 Å². The molecular weight excluding hydrogens is 246 g/mol. The summed E-state index contributed by atoms with van der Waals surface area (Å²) >= 11 is 5.73. The monoisotopic (exact) mass is 265 g/mol. The summed E-state index contributed by atoms with van der Waals surface area (Å²) in [5, 5.41) is 3.14. The Bertz CT molecular complexity index is 380. The van der Waals surface area contributed by atoms with Crippen LogP contribution in [-0.2, 0) is 5.88 Å². The first kappa shape index (κ1) is 13.4. The zero-order valence-electron chi connectivity index (χ0n) is 10.6. The van der Waals surface area contributed by atoms with Crippen molar-refractivity contribution in [1.29, 1.82) is 0 Å². The molecule has 1 aromatic rings. The van der Waals surface area contributed by atoms with Gasteiger partial charge in [0, 0.05) is 17.5 Å². The fourth-order valence-electron chi connectivity index (χ4n) is 2.44. The summed E-state index contributed by atoms with van der Waals surface area (Å²) < 4.78 is 0. The van der Waals surface area contributed by atoms with Crippen LogP contribution >= 0.6 is 11.6 Å². The molecule has 0 bridgehead atoms. The molecule has 1 aliphatic carbocycles. The van der Waals surface area contributed by atoms with Gasteiger partial charge in [0.25, 0.3) is 5.91 Å². The van der Waals surface area contributed by atoms with E-state index in [1.807, 2.05) is 24.3 Å². The highest BCUT2D eigenvalue weighted by atomic mass is 35.5. The average Bonchev–Trinajstić information content (AvgIpc) is 2.67. The maximum atomic E-state index is 12.1. The van der Waals surface area contributed by atoms with E-state index < -0.39 is 0 Å². The molecule has 2 nitrogen and oxygen atoms in total. The predicted octanol–water partition coefficient (Wildman–Crippen LogP) is 3.88. The van der Waals surface area contributed by atoms with Crippen LogP contribution in [0.15, 0.2) is 24.3 Å². The molecular formula is C15H20ClNO. The van der Waals surface area contributed by atoms with Crippen molar-refractivity contribution in [2.45, 2.75) is 50.4 Å². The van der Waals surface area contributed by atoms with E-state index >= 15 is 0 Å². The summed E-state index contributed by atoms with van der Waals surface area (Å²) in [6, 6.07) is 7.88. The molecule has 1 aromatic carbocycles. The minimum atomic E-state index is 0.0445. The lowest BCUT2D eigenvalue weighted by atomic mass is 10.1. The number of alkyl halides is 1. The van der Waals surface area contributed by atoms with Crippen LogP contribution in [0.1, 0.15) is 54.4 Å². The maximum absolute atomic E-state index is 12.1. The van der Waals surface area contributed by atoms with Crippen LogP contribution in [0.2, 0.25) is 0 Å². The molecule has 0 heterocycles. The van der Waals surface area contributed by atoms with E-state index in [1.54, 1.807) is 0 Å². The van der Waals surface area contributed by atoms with E-state index in [-0.39, 0.29) is 5.91 Å². The lowest BCUT2D eigenvalue weighted by Gasteiger charge is -2.16. The minimum Gasteiger partial charge on any atom is -0.349 e.